The lowest BCUT2D eigenvalue weighted by Gasteiger charge is -2.14. The topological polar surface area (TPSA) is 55.6 Å². The summed E-state index contributed by atoms with van der Waals surface area (Å²) in [4.78, 5) is 13.9. The van der Waals surface area contributed by atoms with E-state index < -0.39 is 0 Å². The van der Waals surface area contributed by atoms with Gasteiger partial charge in [0.05, 0.1) is 7.11 Å². The molecule has 0 aromatic heterocycles. The Morgan fingerprint density at radius 3 is 2.84 bits per heavy atom. The maximum Gasteiger partial charge on any atom is 0.246 e. The highest BCUT2D eigenvalue weighted by Gasteiger charge is 2.22. The predicted octanol–water partition coefficient (Wildman–Crippen LogP) is 1.66. The third-order valence-electron chi connectivity index (χ3n) is 3.41. The number of hydrogen-bond donors (Lipinski definition) is 1. The first-order chi connectivity index (χ1) is 9.11. The van der Waals surface area contributed by atoms with E-state index in [1.165, 1.54) is 0 Å². The quantitative estimate of drug-likeness (QED) is 0.841. The van der Waals surface area contributed by atoms with Crippen molar-refractivity contribution in [3.8, 4) is 5.75 Å². The Morgan fingerprint density at radius 2 is 2.21 bits per heavy atom. The minimum atomic E-state index is 0.0244. The van der Waals surface area contributed by atoms with Crippen LogP contribution in [0.1, 0.15) is 18.9 Å². The van der Waals surface area contributed by atoms with Crippen LogP contribution in [0.25, 0.3) is 5.57 Å². The minimum absolute atomic E-state index is 0.0244. The van der Waals surface area contributed by atoms with Crippen LogP contribution in [0.5, 0.6) is 5.75 Å². The number of ether oxygens (including phenoxy) is 1. The Morgan fingerprint density at radius 1 is 1.47 bits per heavy atom. The summed E-state index contributed by atoms with van der Waals surface area (Å²) in [6.07, 6.45) is 2.54. The molecule has 4 nitrogen and oxygen atoms in total. The first kappa shape index (κ1) is 13.6. The molecular weight excluding hydrogens is 240 g/mol. The van der Waals surface area contributed by atoms with Crippen LogP contribution >= 0.6 is 0 Å². The van der Waals surface area contributed by atoms with Crippen molar-refractivity contribution in [2.24, 2.45) is 5.73 Å². The second-order valence-electron chi connectivity index (χ2n) is 4.86. The molecule has 0 radical (unpaired) electrons. The van der Waals surface area contributed by atoms with E-state index in [2.05, 4.69) is 0 Å². The van der Waals surface area contributed by atoms with E-state index in [4.69, 9.17) is 10.5 Å². The second-order valence-corrected chi connectivity index (χ2v) is 4.86. The number of nitrogens with zero attached hydrogens (tertiary/aromatic N) is 1. The van der Waals surface area contributed by atoms with E-state index in [1.54, 1.807) is 18.1 Å². The molecule has 2 N–H and O–H groups in total. The van der Waals surface area contributed by atoms with Crippen LogP contribution in [-0.4, -0.2) is 37.0 Å². The first-order valence-electron chi connectivity index (χ1n) is 6.48. The van der Waals surface area contributed by atoms with E-state index in [0.717, 1.165) is 29.9 Å². The molecule has 1 atom stereocenters. The van der Waals surface area contributed by atoms with Crippen molar-refractivity contribution < 1.29 is 9.53 Å². The van der Waals surface area contributed by atoms with E-state index in [1.807, 2.05) is 31.2 Å². The zero-order chi connectivity index (χ0) is 13.8. The molecule has 1 fully saturated rings. The molecule has 0 aliphatic carbocycles. The molecule has 1 heterocycles. The summed E-state index contributed by atoms with van der Waals surface area (Å²) in [5.74, 6) is 0.804. The van der Waals surface area contributed by atoms with Crippen molar-refractivity contribution in [3.05, 3.63) is 35.9 Å². The molecule has 1 saturated heterocycles. The van der Waals surface area contributed by atoms with Gasteiger partial charge in [0.1, 0.15) is 5.75 Å². The van der Waals surface area contributed by atoms with Gasteiger partial charge in [-0.2, -0.15) is 0 Å². The van der Waals surface area contributed by atoms with Gasteiger partial charge in [0, 0.05) is 30.8 Å². The first-order valence-corrected chi connectivity index (χ1v) is 6.48. The smallest absolute Gasteiger partial charge is 0.246 e. The van der Waals surface area contributed by atoms with Crippen molar-refractivity contribution in [1.29, 1.82) is 0 Å². The highest BCUT2D eigenvalue weighted by atomic mass is 16.5. The third kappa shape index (κ3) is 3.15. The average molecular weight is 260 g/mol. The van der Waals surface area contributed by atoms with Crippen molar-refractivity contribution in [2.75, 3.05) is 20.2 Å². The number of hydrogen-bond acceptors (Lipinski definition) is 3. The number of para-hydroxylation sites is 1. The Hall–Kier alpha value is -1.81. The normalized spacial score (nSPS) is 19.6. The number of methoxy groups -OCH3 is 1. The molecule has 1 aliphatic heterocycles. The Balaban J connectivity index is 2.16. The largest absolute Gasteiger partial charge is 0.496 e. The van der Waals surface area contributed by atoms with Crippen LogP contribution in [0.3, 0.4) is 0 Å². The molecule has 1 aliphatic rings. The zero-order valence-electron chi connectivity index (χ0n) is 11.4. The molecule has 1 aromatic rings. The van der Waals surface area contributed by atoms with Gasteiger partial charge in [0.25, 0.3) is 0 Å². The summed E-state index contributed by atoms with van der Waals surface area (Å²) in [5.41, 5.74) is 7.67. The molecule has 0 bridgehead atoms. The fourth-order valence-electron chi connectivity index (χ4n) is 2.31. The number of benzene rings is 1. The molecule has 2 rings (SSSR count). The molecule has 0 spiro atoms. The summed E-state index contributed by atoms with van der Waals surface area (Å²) in [5, 5.41) is 0. The molecule has 0 unspecified atom stereocenters. The Labute approximate surface area is 113 Å². The van der Waals surface area contributed by atoms with Crippen LogP contribution in [0.4, 0.5) is 0 Å². The van der Waals surface area contributed by atoms with Gasteiger partial charge in [-0.3, -0.25) is 4.79 Å². The van der Waals surface area contributed by atoms with Crippen molar-refractivity contribution >= 4 is 11.5 Å². The lowest BCUT2D eigenvalue weighted by atomic mass is 10.1. The monoisotopic (exact) mass is 260 g/mol. The van der Waals surface area contributed by atoms with E-state index in [-0.39, 0.29) is 11.9 Å². The summed E-state index contributed by atoms with van der Waals surface area (Å²) >= 11 is 0. The number of amides is 1. The maximum atomic E-state index is 12.1. The molecule has 0 saturated carbocycles. The van der Waals surface area contributed by atoms with Gasteiger partial charge in [-0.15, -0.1) is 0 Å². The van der Waals surface area contributed by atoms with Gasteiger partial charge in [-0.1, -0.05) is 18.2 Å². The second kappa shape index (κ2) is 5.89. The van der Waals surface area contributed by atoms with Crippen molar-refractivity contribution in [3.63, 3.8) is 0 Å². The number of rotatable bonds is 3. The molecule has 1 amide bonds. The number of likely N-dealkylation sites (tertiary alicyclic amines) is 1. The van der Waals surface area contributed by atoms with Gasteiger partial charge < -0.3 is 15.4 Å². The fourth-order valence-corrected chi connectivity index (χ4v) is 2.31. The maximum absolute atomic E-state index is 12.1. The molecule has 102 valence electrons. The molecule has 1 aromatic carbocycles. The van der Waals surface area contributed by atoms with Gasteiger partial charge >= 0.3 is 0 Å². The lowest BCUT2D eigenvalue weighted by molar-refractivity contribution is -0.125. The Kier molecular flexibility index (Phi) is 4.22. The third-order valence-corrected chi connectivity index (χ3v) is 3.41. The molecule has 19 heavy (non-hydrogen) atoms. The van der Waals surface area contributed by atoms with Gasteiger partial charge in [-0.25, -0.2) is 0 Å². The summed E-state index contributed by atoms with van der Waals surface area (Å²) in [6.45, 7) is 3.32. The van der Waals surface area contributed by atoms with Gasteiger partial charge in [0.2, 0.25) is 5.91 Å². The molecular formula is C15H20N2O2. The van der Waals surface area contributed by atoms with Crippen molar-refractivity contribution in [1.82, 2.24) is 4.90 Å². The summed E-state index contributed by atoms with van der Waals surface area (Å²) in [7, 11) is 1.63. The molecule has 4 heteroatoms. The number of nitrogens with two attached hydrogens (primary N) is 1. The van der Waals surface area contributed by atoms with E-state index >= 15 is 0 Å². The number of allylic oxidation sites excluding steroid dienone is 1. The number of carbonyl (C=O) groups is 1. The van der Waals surface area contributed by atoms with Crippen LogP contribution in [-0.2, 0) is 4.79 Å². The zero-order valence-corrected chi connectivity index (χ0v) is 11.4. The Bertz CT molecular complexity index is 497. The average Bonchev–Trinajstić information content (AvgIpc) is 2.85. The van der Waals surface area contributed by atoms with Crippen molar-refractivity contribution in [2.45, 2.75) is 19.4 Å². The van der Waals surface area contributed by atoms with Crippen LogP contribution < -0.4 is 10.5 Å². The van der Waals surface area contributed by atoms with E-state index in [0.29, 0.717) is 6.54 Å². The van der Waals surface area contributed by atoms with E-state index in [9.17, 15) is 4.79 Å². The SMILES string of the molecule is COc1ccccc1/C(C)=C/C(=O)N1CC[C@H](N)C1. The van der Waals surface area contributed by atoms with Gasteiger partial charge in [-0.05, 0) is 25.0 Å². The summed E-state index contributed by atoms with van der Waals surface area (Å²) < 4.78 is 5.30. The predicted molar refractivity (Wildman–Crippen MR) is 75.8 cm³/mol. The highest BCUT2D eigenvalue weighted by Crippen LogP contribution is 2.25. The fraction of sp³-hybridized carbons (Fsp3) is 0.400. The van der Waals surface area contributed by atoms with Crippen LogP contribution in [0.15, 0.2) is 30.3 Å². The standard InChI is InChI=1S/C15H20N2O2/c1-11(13-5-3-4-6-14(13)19-2)9-15(18)17-8-7-12(16)10-17/h3-6,9,12H,7-8,10,16H2,1-2H3/b11-9+/t12-/m0/s1. The lowest BCUT2D eigenvalue weighted by Crippen LogP contribution is -2.30. The van der Waals surface area contributed by atoms with Crippen LogP contribution in [0, 0.1) is 0 Å². The van der Waals surface area contributed by atoms with Gasteiger partial charge in [0.15, 0.2) is 0 Å². The summed E-state index contributed by atoms with van der Waals surface area (Å²) in [6, 6.07) is 7.81. The highest BCUT2D eigenvalue weighted by molar-refractivity contribution is 5.95. The van der Waals surface area contributed by atoms with Crippen LogP contribution in [0.2, 0.25) is 0 Å². The number of carbonyl (C=O) groups excluding carboxylic acids is 1. The minimum Gasteiger partial charge on any atom is -0.496 e.